The zero-order valence-electron chi connectivity index (χ0n) is 12.7. The van der Waals surface area contributed by atoms with E-state index >= 15 is 0 Å². The fraction of sp³-hybridized carbons (Fsp3) is 0.333. The van der Waals surface area contributed by atoms with Gasteiger partial charge in [-0.05, 0) is 6.92 Å². The summed E-state index contributed by atoms with van der Waals surface area (Å²) in [5.41, 5.74) is 1.56. The highest BCUT2D eigenvalue weighted by Crippen LogP contribution is 2.25. The van der Waals surface area contributed by atoms with Gasteiger partial charge in [-0.2, -0.15) is 0 Å². The summed E-state index contributed by atoms with van der Waals surface area (Å²) in [6, 6.07) is 9.47. The van der Waals surface area contributed by atoms with Crippen molar-refractivity contribution in [2.24, 2.45) is 0 Å². The number of ether oxygens (including phenoxy) is 1. The van der Waals surface area contributed by atoms with Crippen LogP contribution in [0.5, 0.6) is 0 Å². The van der Waals surface area contributed by atoms with Crippen molar-refractivity contribution >= 4 is 15.9 Å². The van der Waals surface area contributed by atoms with Gasteiger partial charge >= 0.3 is 0 Å². The smallest absolute Gasteiger partial charge is 0.285 e. The zero-order chi connectivity index (χ0) is 16.4. The van der Waals surface area contributed by atoms with E-state index in [-0.39, 0.29) is 18.1 Å². The Balaban J connectivity index is 2.05. The maximum absolute atomic E-state index is 12.3. The second kappa shape index (κ2) is 6.13. The van der Waals surface area contributed by atoms with Crippen LogP contribution in [-0.4, -0.2) is 36.2 Å². The third-order valence-corrected chi connectivity index (χ3v) is 4.90. The number of imidazole rings is 1. The van der Waals surface area contributed by atoms with Crippen LogP contribution in [-0.2, 0) is 27.9 Å². The largest absolute Gasteiger partial charge is 0.373 e. The van der Waals surface area contributed by atoms with Crippen molar-refractivity contribution in [1.29, 1.82) is 0 Å². The van der Waals surface area contributed by atoms with E-state index in [1.165, 1.54) is 6.92 Å². The molecule has 0 radical (unpaired) electrons. The van der Waals surface area contributed by atoms with Gasteiger partial charge in [0, 0.05) is 12.1 Å². The fourth-order valence-electron chi connectivity index (χ4n) is 2.45. The van der Waals surface area contributed by atoms with Crippen LogP contribution in [0, 0.1) is 0 Å². The lowest BCUT2D eigenvalue weighted by Gasteiger charge is -2.18. The number of nitrogens with one attached hydrogen (secondary N) is 1. The van der Waals surface area contributed by atoms with Gasteiger partial charge in [-0.25, -0.2) is 18.1 Å². The quantitative estimate of drug-likeness (QED) is 0.905. The fourth-order valence-corrected chi connectivity index (χ4v) is 2.97. The molecule has 1 amide bonds. The van der Waals surface area contributed by atoms with Gasteiger partial charge in [0.25, 0.3) is 5.91 Å². The van der Waals surface area contributed by atoms with Crippen LogP contribution in [0.4, 0.5) is 0 Å². The number of aromatic nitrogens is 2. The lowest BCUT2D eigenvalue weighted by molar-refractivity contribution is 0.0823. The van der Waals surface area contributed by atoms with Crippen molar-refractivity contribution in [2.75, 3.05) is 12.4 Å². The first-order chi connectivity index (χ1) is 11.0. The molecule has 1 aliphatic rings. The standard InChI is InChI=1S/C15H17N3O4S/c1-2-23(20,21)17-15(19)13-12-10-22-9-8-18(12)14(16-13)11-6-4-3-5-7-11/h3-7H,2,8-10H2,1H3,(H,17,19). The zero-order valence-corrected chi connectivity index (χ0v) is 13.5. The van der Waals surface area contributed by atoms with Crippen molar-refractivity contribution in [3.05, 3.63) is 41.7 Å². The van der Waals surface area contributed by atoms with Crippen LogP contribution in [0.15, 0.2) is 30.3 Å². The minimum absolute atomic E-state index is 0.0978. The first-order valence-corrected chi connectivity index (χ1v) is 8.94. The molecule has 0 saturated carbocycles. The van der Waals surface area contributed by atoms with E-state index < -0.39 is 15.9 Å². The lowest BCUT2D eigenvalue weighted by atomic mass is 10.2. The lowest BCUT2D eigenvalue weighted by Crippen LogP contribution is -2.33. The second-order valence-corrected chi connectivity index (χ2v) is 7.15. The Morgan fingerprint density at radius 1 is 1.35 bits per heavy atom. The summed E-state index contributed by atoms with van der Waals surface area (Å²) < 4.78 is 32.6. The van der Waals surface area contributed by atoms with Crippen molar-refractivity contribution < 1.29 is 17.9 Å². The predicted octanol–water partition coefficient (Wildman–Crippen LogP) is 1.16. The highest BCUT2D eigenvalue weighted by atomic mass is 32.2. The first-order valence-electron chi connectivity index (χ1n) is 7.29. The Labute approximate surface area is 134 Å². The summed E-state index contributed by atoms with van der Waals surface area (Å²) in [5, 5.41) is 0. The van der Waals surface area contributed by atoms with Gasteiger partial charge in [0.1, 0.15) is 5.82 Å². The predicted molar refractivity (Wildman–Crippen MR) is 84.2 cm³/mol. The minimum atomic E-state index is -3.64. The summed E-state index contributed by atoms with van der Waals surface area (Å²) in [6.07, 6.45) is 0. The van der Waals surface area contributed by atoms with E-state index in [0.717, 1.165) is 5.56 Å². The van der Waals surface area contributed by atoms with Gasteiger partial charge in [0.05, 0.1) is 24.7 Å². The molecule has 0 aliphatic carbocycles. The summed E-state index contributed by atoms with van der Waals surface area (Å²) in [4.78, 5) is 16.7. The number of carbonyl (C=O) groups excluding carboxylic acids is 1. The van der Waals surface area contributed by atoms with Gasteiger partial charge in [-0.3, -0.25) is 4.79 Å². The third kappa shape index (κ3) is 3.13. The SMILES string of the molecule is CCS(=O)(=O)NC(=O)c1nc(-c2ccccc2)n2c1COCC2. The molecule has 122 valence electrons. The van der Waals surface area contributed by atoms with E-state index in [9.17, 15) is 13.2 Å². The molecule has 0 atom stereocenters. The van der Waals surface area contributed by atoms with Crippen molar-refractivity contribution in [3.8, 4) is 11.4 Å². The van der Waals surface area contributed by atoms with Crippen LogP contribution >= 0.6 is 0 Å². The van der Waals surface area contributed by atoms with Crippen molar-refractivity contribution in [2.45, 2.75) is 20.1 Å². The number of hydrogen-bond acceptors (Lipinski definition) is 5. The number of nitrogens with zero attached hydrogens (tertiary/aromatic N) is 2. The molecular weight excluding hydrogens is 318 g/mol. The maximum atomic E-state index is 12.3. The molecule has 0 bridgehead atoms. The van der Waals surface area contributed by atoms with Crippen LogP contribution in [0.2, 0.25) is 0 Å². The van der Waals surface area contributed by atoms with Crippen molar-refractivity contribution in [1.82, 2.24) is 14.3 Å². The van der Waals surface area contributed by atoms with Crippen LogP contribution < -0.4 is 4.72 Å². The van der Waals surface area contributed by atoms with E-state index in [4.69, 9.17) is 4.74 Å². The third-order valence-electron chi connectivity index (χ3n) is 3.65. The summed E-state index contributed by atoms with van der Waals surface area (Å²) in [7, 11) is -3.64. The van der Waals surface area contributed by atoms with Crippen LogP contribution in [0.1, 0.15) is 23.1 Å². The highest BCUT2D eigenvalue weighted by molar-refractivity contribution is 7.90. The van der Waals surface area contributed by atoms with E-state index in [1.807, 2.05) is 39.6 Å². The molecule has 1 aromatic carbocycles. The molecule has 0 saturated heterocycles. The van der Waals surface area contributed by atoms with Crippen molar-refractivity contribution in [3.63, 3.8) is 0 Å². The molecular formula is C15H17N3O4S. The normalized spacial score (nSPS) is 14.3. The molecule has 1 aromatic heterocycles. The topological polar surface area (TPSA) is 90.3 Å². The Bertz CT molecular complexity index is 828. The highest BCUT2D eigenvalue weighted by Gasteiger charge is 2.27. The van der Waals surface area contributed by atoms with E-state index in [2.05, 4.69) is 4.98 Å². The van der Waals surface area contributed by atoms with Crippen LogP contribution in [0.25, 0.3) is 11.4 Å². The molecule has 2 aromatic rings. The van der Waals surface area contributed by atoms with E-state index in [0.29, 0.717) is 24.7 Å². The molecule has 23 heavy (non-hydrogen) atoms. The number of amides is 1. The summed E-state index contributed by atoms with van der Waals surface area (Å²) in [6.45, 7) is 2.80. The average molecular weight is 335 g/mol. The van der Waals surface area contributed by atoms with Gasteiger partial charge in [0.2, 0.25) is 10.0 Å². The molecule has 3 rings (SSSR count). The molecule has 0 fully saturated rings. The van der Waals surface area contributed by atoms with Gasteiger partial charge in [-0.1, -0.05) is 30.3 Å². The maximum Gasteiger partial charge on any atom is 0.285 e. The number of fused-ring (bicyclic) bond motifs is 1. The average Bonchev–Trinajstić information content (AvgIpc) is 2.95. The number of sulfonamides is 1. The number of carbonyl (C=O) groups is 1. The van der Waals surface area contributed by atoms with Gasteiger partial charge in [0.15, 0.2) is 5.69 Å². The summed E-state index contributed by atoms with van der Waals surface area (Å²) in [5.74, 6) is -0.247. The Kier molecular flexibility index (Phi) is 4.18. The van der Waals surface area contributed by atoms with E-state index in [1.54, 1.807) is 0 Å². The number of hydrogen-bond donors (Lipinski definition) is 1. The molecule has 2 heterocycles. The molecule has 1 aliphatic heterocycles. The Hall–Kier alpha value is -2.19. The summed E-state index contributed by atoms with van der Waals surface area (Å²) >= 11 is 0. The molecule has 8 heteroatoms. The second-order valence-electron chi connectivity index (χ2n) is 5.14. The van der Waals surface area contributed by atoms with Crippen LogP contribution in [0.3, 0.4) is 0 Å². The molecule has 7 nitrogen and oxygen atoms in total. The number of benzene rings is 1. The Morgan fingerprint density at radius 3 is 2.78 bits per heavy atom. The monoisotopic (exact) mass is 335 g/mol. The molecule has 0 spiro atoms. The first kappa shape index (κ1) is 15.7. The number of rotatable bonds is 4. The van der Waals surface area contributed by atoms with Gasteiger partial charge in [-0.15, -0.1) is 0 Å². The minimum Gasteiger partial charge on any atom is -0.373 e. The van der Waals surface area contributed by atoms with Gasteiger partial charge < -0.3 is 9.30 Å². The molecule has 0 unspecified atom stereocenters. The Morgan fingerprint density at radius 2 is 2.09 bits per heavy atom. The molecule has 1 N–H and O–H groups in total.